The topological polar surface area (TPSA) is 37.4 Å². The molecule has 0 aromatic heterocycles. The molecule has 1 aliphatic heterocycles. The lowest BCUT2D eigenvalue weighted by molar-refractivity contribution is -0.137. The Kier molecular flexibility index (Phi) is 4.80. The van der Waals surface area contributed by atoms with Gasteiger partial charge >= 0.3 is 6.18 Å². The molecule has 124 valence electrons. The molecule has 0 spiro atoms. The van der Waals surface area contributed by atoms with Crippen LogP contribution in [-0.4, -0.2) is 25.8 Å². The summed E-state index contributed by atoms with van der Waals surface area (Å²) in [5.41, 5.74) is -1.13. The number of hydrogen-bond acceptors (Lipinski definition) is 2. The van der Waals surface area contributed by atoms with Crippen LogP contribution in [0, 0.1) is 11.8 Å². The van der Waals surface area contributed by atoms with Gasteiger partial charge < -0.3 is 0 Å². The van der Waals surface area contributed by atoms with Crippen LogP contribution in [0.2, 0.25) is 5.02 Å². The molecular formula is C14H17ClF3NO2S. The van der Waals surface area contributed by atoms with Crippen molar-refractivity contribution in [2.24, 2.45) is 11.8 Å². The summed E-state index contributed by atoms with van der Waals surface area (Å²) in [5, 5.41) is -0.508. The van der Waals surface area contributed by atoms with Crippen LogP contribution in [0.1, 0.15) is 25.8 Å². The lowest BCUT2D eigenvalue weighted by atomic mass is 9.94. The Balaban J connectivity index is 2.42. The number of nitrogens with zero attached hydrogens (tertiary/aromatic N) is 1. The van der Waals surface area contributed by atoms with Crippen LogP contribution in [0.5, 0.6) is 0 Å². The van der Waals surface area contributed by atoms with Crippen molar-refractivity contribution in [1.29, 1.82) is 0 Å². The van der Waals surface area contributed by atoms with E-state index in [4.69, 9.17) is 11.6 Å². The van der Waals surface area contributed by atoms with E-state index in [1.165, 1.54) is 4.31 Å². The van der Waals surface area contributed by atoms with Crippen molar-refractivity contribution in [1.82, 2.24) is 4.31 Å². The molecule has 0 saturated carbocycles. The second-order valence-corrected chi connectivity index (χ2v) is 8.25. The molecule has 2 rings (SSSR count). The monoisotopic (exact) mass is 355 g/mol. The zero-order valence-electron chi connectivity index (χ0n) is 12.2. The second-order valence-electron chi connectivity index (χ2n) is 5.91. The van der Waals surface area contributed by atoms with E-state index in [1.54, 1.807) is 0 Å². The molecule has 0 bridgehead atoms. The first kappa shape index (κ1) is 17.6. The van der Waals surface area contributed by atoms with Crippen molar-refractivity contribution >= 4 is 21.6 Å². The Labute approximate surface area is 133 Å². The molecule has 3 nitrogen and oxygen atoms in total. The third-order valence-electron chi connectivity index (χ3n) is 3.72. The number of benzene rings is 1. The van der Waals surface area contributed by atoms with Gasteiger partial charge in [0, 0.05) is 13.1 Å². The van der Waals surface area contributed by atoms with Gasteiger partial charge in [0.1, 0.15) is 0 Å². The molecule has 1 saturated heterocycles. The zero-order chi connectivity index (χ0) is 16.7. The molecule has 0 amide bonds. The maximum atomic E-state index is 12.9. The van der Waals surface area contributed by atoms with Gasteiger partial charge in [0.25, 0.3) is 0 Å². The fraction of sp³-hybridized carbons (Fsp3) is 0.571. The van der Waals surface area contributed by atoms with Gasteiger partial charge in [0.2, 0.25) is 10.0 Å². The number of hydrogen-bond donors (Lipinski definition) is 0. The summed E-state index contributed by atoms with van der Waals surface area (Å²) in [6.07, 6.45) is -3.79. The summed E-state index contributed by atoms with van der Waals surface area (Å²) in [4.78, 5) is -0.370. The van der Waals surface area contributed by atoms with Gasteiger partial charge in [-0.1, -0.05) is 25.4 Å². The average molecular weight is 356 g/mol. The quantitative estimate of drug-likeness (QED) is 0.803. The molecule has 0 radical (unpaired) electrons. The highest BCUT2D eigenvalue weighted by Gasteiger charge is 2.36. The van der Waals surface area contributed by atoms with Gasteiger partial charge in [-0.25, -0.2) is 8.42 Å². The van der Waals surface area contributed by atoms with E-state index >= 15 is 0 Å². The van der Waals surface area contributed by atoms with Crippen molar-refractivity contribution in [3.05, 3.63) is 28.8 Å². The lowest BCUT2D eigenvalue weighted by Gasteiger charge is -2.34. The first-order chi connectivity index (χ1) is 10.0. The molecular weight excluding hydrogens is 339 g/mol. The van der Waals surface area contributed by atoms with Crippen LogP contribution < -0.4 is 0 Å². The molecule has 2 atom stereocenters. The summed E-state index contributed by atoms with van der Waals surface area (Å²) < 4.78 is 65.1. The maximum Gasteiger partial charge on any atom is 0.417 e. The molecule has 1 aliphatic rings. The van der Waals surface area contributed by atoms with Crippen LogP contribution >= 0.6 is 11.6 Å². The van der Waals surface area contributed by atoms with E-state index < -0.39 is 26.8 Å². The van der Waals surface area contributed by atoms with E-state index in [9.17, 15) is 21.6 Å². The largest absolute Gasteiger partial charge is 0.417 e. The summed E-state index contributed by atoms with van der Waals surface area (Å²) in [5.74, 6) is 0.348. The van der Waals surface area contributed by atoms with Gasteiger partial charge in [-0.15, -0.1) is 0 Å². The smallest absolute Gasteiger partial charge is 0.207 e. The molecule has 1 aromatic carbocycles. The molecule has 0 unspecified atom stereocenters. The van der Waals surface area contributed by atoms with Crippen LogP contribution in [0.4, 0.5) is 13.2 Å². The fourth-order valence-electron chi connectivity index (χ4n) is 2.83. The Morgan fingerprint density at radius 1 is 1.18 bits per heavy atom. The van der Waals surface area contributed by atoms with Crippen molar-refractivity contribution in [3.63, 3.8) is 0 Å². The van der Waals surface area contributed by atoms with Gasteiger partial charge in [-0.05, 0) is 36.5 Å². The molecule has 0 aliphatic carbocycles. The van der Waals surface area contributed by atoms with E-state index in [0.717, 1.165) is 18.6 Å². The van der Waals surface area contributed by atoms with Gasteiger partial charge in [0.15, 0.2) is 0 Å². The van der Waals surface area contributed by atoms with Gasteiger partial charge in [-0.3, -0.25) is 0 Å². The van der Waals surface area contributed by atoms with Gasteiger partial charge in [-0.2, -0.15) is 17.5 Å². The minimum atomic E-state index is -4.69. The van der Waals surface area contributed by atoms with Crippen molar-refractivity contribution < 1.29 is 21.6 Å². The van der Waals surface area contributed by atoms with Crippen LogP contribution in [0.15, 0.2) is 23.1 Å². The number of alkyl halides is 3. The van der Waals surface area contributed by atoms with Crippen molar-refractivity contribution in [3.8, 4) is 0 Å². The highest BCUT2D eigenvalue weighted by atomic mass is 35.5. The Morgan fingerprint density at radius 2 is 1.73 bits per heavy atom. The van der Waals surface area contributed by atoms with Crippen molar-refractivity contribution in [2.45, 2.75) is 31.3 Å². The highest BCUT2D eigenvalue weighted by Crippen LogP contribution is 2.37. The van der Waals surface area contributed by atoms with Crippen LogP contribution in [0.3, 0.4) is 0 Å². The lowest BCUT2D eigenvalue weighted by Crippen LogP contribution is -2.42. The summed E-state index contributed by atoms with van der Waals surface area (Å²) in [7, 11) is -3.95. The maximum absolute atomic E-state index is 12.9. The van der Waals surface area contributed by atoms with Gasteiger partial charge in [0.05, 0.1) is 15.5 Å². The van der Waals surface area contributed by atoms with Crippen LogP contribution in [0.25, 0.3) is 0 Å². The van der Waals surface area contributed by atoms with E-state index in [2.05, 4.69) is 0 Å². The highest BCUT2D eigenvalue weighted by molar-refractivity contribution is 7.89. The zero-order valence-corrected chi connectivity index (χ0v) is 13.8. The van der Waals surface area contributed by atoms with Crippen LogP contribution in [-0.2, 0) is 16.2 Å². The average Bonchev–Trinajstić information content (AvgIpc) is 2.36. The number of sulfonamides is 1. The minimum absolute atomic E-state index is 0.174. The Bertz CT molecular complexity index is 651. The van der Waals surface area contributed by atoms with E-state index in [1.807, 2.05) is 13.8 Å². The summed E-state index contributed by atoms with van der Waals surface area (Å²) >= 11 is 5.53. The summed E-state index contributed by atoms with van der Waals surface area (Å²) in [6, 6.07) is 2.71. The molecule has 22 heavy (non-hydrogen) atoms. The number of piperidine rings is 1. The number of halogens is 4. The predicted octanol–water partition coefficient (Wildman–Crippen LogP) is 4.03. The standard InChI is InChI=1S/C14H17ClF3NO2S/c1-9-5-10(2)8-19(7-9)22(20,21)11-3-4-13(15)12(6-11)14(16,17)18/h3-4,6,9-10H,5,7-8H2,1-2H3/t9-,10-/m0/s1. The number of rotatable bonds is 2. The third kappa shape index (κ3) is 3.58. The Hall–Kier alpha value is -0.790. The summed E-state index contributed by atoms with van der Waals surface area (Å²) in [6.45, 7) is 4.50. The molecule has 1 heterocycles. The third-order valence-corrected chi connectivity index (χ3v) is 5.87. The second kappa shape index (κ2) is 6.02. The Morgan fingerprint density at radius 3 is 2.23 bits per heavy atom. The normalized spacial score (nSPS) is 24.5. The molecule has 0 N–H and O–H groups in total. The molecule has 1 aromatic rings. The minimum Gasteiger partial charge on any atom is -0.207 e. The van der Waals surface area contributed by atoms with E-state index in [-0.39, 0.29) is 16.7 Å². The van der Waals surface area contributed by atoms with E-state index in [0.29, 0.717) is 19.2 Å². The first-order valence-electron chi connectivity index (χ1n) is 6.88. The first-order valence-corrected chi connectivity index (χ1v) is 8.70. The fourth-order valence-corrected chi connectivity index (χ4v) is 4.76. The predicted molar refractivity (Wildman–Crippen MR) is 78.2 cm³/mol. The molecule has 8 heteroatoms. The van der Waals surface area contributed by atoms with Crippen molar-refractivity contribution in [2.75, 3.05) is 13.1 Å². The SMILES string of the molecule is C[C@H]1C[C@H](C)CN(S(=O)(=O)c2ccc(Cl)c(C(F)(F)F)c2)C1. The molecule has 1 fully saturated rings.